The smallest absolute Gasteiger partial charge is 0.0135 e. The van der Waals surface area contributed by atoms with Gasteiger partial charge < -0.3 is 0 Å². The van der Waals surface area contributed by atoms with Gasteiger partial charge in [-0.3, -0.25) is 0 Å². The lowest BCUT2D eigenvalue weighted by atomic mass is 9.85. The molecule has 0 rings (SSSR count). The van der Waals surface area contributed by atoms with E-state index >= 15 is 0 Å². The third kappa shape index (κ3) is 4.38. The van der Waals surface area contributed by atoms with Crippen LogP contribution in [0.4, 0.5) is 0 Å². The minimum absolute atomic E-state index is 0.278. The third-order valence-corrected chi connectivity index (χ3v) is 1.84. The zero-order valence-corrected chi connectivity index (χ0v) is 9.31. The highest BCUT2D eigenvalue weighted by atomic mass is 14.2. The fourth-order valence-electron chi connectivity index (χ4n) is 1.08. The molecule has 0 aliphatic heterocycles. The normalized spacial score (nSPS) is 14.8. The molecule has 0 spiro atoms. The van der Waals surface area contributed by atoms with E-state index in [2.05, 4.69) is 59.8 Å². The van der Waals surface area contributed by atoms with E-state index in [1.54, 1.807) is 0 Å². The molecule has 70 valence electrons. The Balaban J connectivity index is 4.42. The van der Waals surface area contributed by atoms with Gasteiger partial charge in [0.1, 0.15) is 0 Å². The fourth-order valence-corrected chi connectivity index (χ4v) is 1.08. The maximum atomic E-state index is 2.25. The molecule has 0 aromatic carbocycles. The Hall–Kier alpha value is -0.520. The third-order valence-electron chi connectivity index (χ3n) is 1.84. The zero-order valence-electron chi connectivity index (χ0n) is 9.31. The molecule has 0 aromatic rings. The van der Waals surface area contributed by atoms with Gasteiger partial charge in [0.25, 0.3) is 0 Å². The van der Waals surface area contributed by atoms with Crippen molar-refractivity contribution in [3.8, 4) is 0 Å². The highest BCUT2D eigenvalue weighted by molar-refractivity contribution is 5.24. The van der Waals surface area contributed by atoms with Crippen LogP contribution < -0.4 is 0 Å². The number of rotatable bonds is 2. The number of hydrogen-bond acceptors (Lipinski definition) is 0. The second-order valence-electron chi connectivity index (χ2n) is 4.60. The number of allylic oxidation sites excluding steroid dienone is 4. The zero-order chi connectivity index (χ0) is 9.78. The molecule has 0 atom stereocenters. The van der Waals surface area contributed by atoms with E-state index < -0.39 is 0 Å². The largest absolute Gasteiger partial charge is 0.0839 e. The van der Waals surface area contributed by atoms with Crippen molar-refractivity contribution in [2.75, 3.05) is 0 Å². The maximum absolute atomic E-state index is 2.25. The molecule has 0 saturated heterocycles. The summed E-state index contributed by atoms with van der Waals surface area (Å²) in [5.74, 6) is 0.641. The monoisotopic (exact) mass is 166 g/mol. The SMILES string of the molecule is CC=C(C=CC(C)C)C(C)(C)C. The average molecular weight is 166 g/mol. The van der Waals surface area contributed by atoms with Crippen molar-refractivity contribution >= 4 is 0 Å². The molecule has 0 aliphatic carbocycles. The maximum Gasteiger partial charge on any atom is -0.0135 e. The van der Waals surface area contributed by atoms with E-state index in [9.17, 15) is 0 Å². The van der Waals surface area contributed by atoms with Gasteiger partial charge in [0.15, 0.2) is 0 Å². The van der Waals surface area contributed by atoms with Crippen LogP contribution >= 0.6 is 0 Å². The van der Waals surface area contributed by atoms with Gasteiger partial charge in [-0.2, -0.15) is 0 Å². The molecule has 0 aliphatic rings. The molecule has 0 amide bonds. The minimum Gasteiger partial charge on any atom is -0.0839 e. The Morgan fingerprint density at radius 1 is 1.17 bits per heavy atom. The van der Waals surface area contributed by atoms with Crippen LogP contribution in [0, 0.1) is 11.3 Å². The van der Waals surface area contributed by atoms with Gasteiger partial charge in [-0.05, 0) is 23.8 Å². The average Bonchev–Trinajstić information content (AvgIpc) is 1.85. The molecule has 0 heteroatoms. The van der Waals surface area contributed by atoms with Crippen LogP contribution in [0.3, 0.4) is 0 Å². The van der Waals surface area contributed by atoms with E-state index in [0.717, 1.165) is 0 Å². The van der Waals surface area contributed by atoms with E-state index in [4.69, 9.17) is 0 Å². The summed E-state index contributed by atoms with van der Waals surface area (Å²) in [6.45, 7) is 13.2. The van der Waals surface area contributed by atoms with Crippen molar-refractivity contribution in [3.63, 3.8) is 0 Å². The van der Waals surface area contributed by atoms with Crippen LogP contribution in [0.2, 0.25) is 0 Å². The predicted octanol–water partition coefficient (Wildman–Crippen LogP) is 4.19. The molecule has 0 heterocycles. The lowest BCUT2D eigenvalue weighted by Gasteiger charge is -2.20. The Morgan fingerprint density at radius 2 is 1.67 bits per heavy atom. The van der Waals surface area contributed by atoms with E-state index in [1.807, 2.05) is 0 Å². The van der Waals surface area contributed by atoms with Crippen molar-refractivity contribution < 1.29 is 0 Å². The molecule has 0 bridgehead atoms. The molecule has 0 fully saturated rings. The summed E-state index contributed by atoms with van der Waals surface area (Å²) in [7, 11) is 0. The molecule has 0 unspecified atom stereocenters. The quantitative estimate of drug-likeness (QED) is 0.539. The first-order valence-electron chi connectivity index (χ1n) is 4.73. The lowest BCUT2D eigenvalue weighted by Crippen LogP contribution is -2.07. The first-order chi connectivity index (χ1) is 5.38. The first kappa shape index (κ1) is 11.5. The Labute approximate surface area is 77.4 Å². The van der Waals surface area contributed by atoms with Gasteiger partial charge in [0.2, 0.25) is 0 Å². The van der Waals surface area contributed by atoms with Crippen molar-refractivity contribution in [1.82, 2.24) is 0 Å². The van der Waals surface area contributed by atoms with Gasteiger partial charge >= 0.3 is 0 Å². The van der Waals surface area contributed by atoms with Gasteiger partial charge in [-0.1, -0.05) is 52.8 Å². The summed E-state index contributed by atoms with van der Waals surface area (Å²) in [6.07, 6.45) is 6.68. The predicted molar refractivity (Wildman–Crippen MR) is 57.2 cm³/mol. The summed E-state index contributed by atoms with van der Waals surface area (Å²) >= 11 is 0. The van der Waals surface area contributed by atoms with Gasteiger partial charge in [0, 0.05) is 0 Å². The highest BCUT2D eigenvalue weighted by Crippen LogP contribution is 2.26. The van der Waals surface area contributed by atoms with Crippen LogP contribution in [0.15, 0.2) is 23.8 Å². The molecule has 0 nitrogen and oxygen atoms in total. The molecule has 0 saturated carbocycles. The van der Waals surface area contributed by atoms with Crippen LogP contribution in [-0.4, -0.2) is 0 Å². The second-order valence-corrected chi connectivity index (χ2v) is 4.60. The minimum atomic E-state index is 0.278. The van der Waals surface area contributed by atoms with Crippen LogP contribution in [-0.2, 0) is 0 Å². The highest BCUT2D eigenvalue weighted by Gasteiger charge is 2.12. The topological polar surface area (TPSA) is 0 Å². The van der Waals surface area contributed by atoms with E-state index in [-0.39, 0.29) is 5.41 Å². The van der Waals surface area contributed by atoms with Crippen molar-refractivity contribution in [2.24, 2.45) is 11.3 Å². The van der Waals surface area contributed by atoms with Crippen molar-refractivity contribution in [2.45, 2.75) is 41.5 Å². The Morgan fingerprint density at radius 3 is 1.92 bits per heavy atom. The summed E-state index contributed by atoms with van der Waals surface area (Å²) < 4.78 is 0. The lowest BCUT2D eigenvalue weighted by molar-refractivity contribution is 0.515. The Bertz CT molecular complexity index is 175. The first-order valence-corrected chi connectivity index (χ1v) is 4.73. The summed E-state index contributed by atoms with van der Waals surface area (Å²) in [4.78, 5) is 0. The molecule has 0 aromatic heterocycles. The van der Waals surface area contributed by atoms with Crippen LogP contribution in [0.25, 0.3) is 0 Å². The Kier molecular flexibility index (Phi) is 4.30. The molecule has 12 heavy (non-hydrogen) atoms. The van der Waals surface area contributed by atoms with E-state index in [1.165, 1.54) is 5.57 Å². The van der Waals surface area contributed by atoms with E-state index in [0.29, 0.717) is 5.92 Å². The number of hydrogen-bond donors (Lipinski definition) is 0. The standard InChI is InChI=1S/C12H22/c1-7-11(12(4,5)6)9-8-10(2)3/h7-10H,1-6H3. The summed E-state index contributed by atoms with van der Waals surface area (Å²) in [5, 5.41) is 0. The summed E-state index contributed by atoms with van der Waals surface area (Å²) in [5.41, 5.74) is 1.69. The van der Waals surface area contributed by atoms with Crippen LogP contribution in [0.1, 0.15) is 41.5 Å². The molecule has 0 radical (unpaired) electrons. The van der Waals surface area contributed by atoms with Gasteiger partial charge in [-0.15, -0.1) is 0 Å². The molecular weight excluding hydrogens is 144 g/mol. The fraction of sp³-hybridized carbons (Fsp3) is 0.667. The van der Waals surface area contributed by atoms with Gasteiger partial charge in [-0.25, -0.2) is 0 Å². The second kappa shape index (κ2) is 4.49. The molecule has 0 N–H and O–H groups in total. The van der Waals surface area contributed by atoms with Crippen molar-refractivity contribution in [1.29, 1.82) is 0 Å². The van der Waals surface area contributed by atoms with Crippen LogP contribution in [0.5, 0.6) is 0 Å². The summed E-state index contributed by atoms with van der Waals surface area (Å²) in [6, 6.07) is 0. The van der Waals surface area contributed by atoms with Crippen molar-refractivity contribution in [3.05, 3.63) is 23.8 Å². The molecular formula is C12H22. The van der Waals surface area contributed by atoms with Gasteiger partial charge in [0.05, 0.1) is 0 Å².